The Hall–Kier alpha value is -3.27. The predicted octanol–water partition coefficient (Wildman–Crippen LogP) is 6.20. The Labute approximate surface area is 215 Å². The number of hydrogen-bond acceptors (Lipinski definition) is 8. The highest BCUT2D eigenvalue weighted by Crippen LogP contribution is 2.25. The molecule has 0 aliphatic heterocycles. The number of ether oxygens (including phenoxy) is 1. The number of alkyl carbamates (subject to hydrolysis) is 1. The molecule has 1 atom stereocenters. The molecule has 0 radical (unpaired) electrons. The maximum absolute atomic E-state index is 11.8. The van der Waals surface area contributed by atoms with Crippen LogP contribution in [0, 0.1) is 6.92 Å². The van der Waals surface area contributed by atoms with Gasteiger partial charge in [0.2, 0.25) is 0 Å². The summed E-state index contributed by atoms with van der Waals surface area (Å²) in [4.78, 5) is 46.5. The van der Waals surface area contributed by atoms with Gasteiger partial charge in [0.05, 0.1) is 7.11 Å². The van der Waals surface area contributed by atoms with Crippen molar-refractivity contribution in [2.75, 3.05) is 7.11 Å². The quantitative estimate of drug-likeness (QED) is 0.279. The zero-order valence-corrected chi connectivity index (χ0v) is 22.5. The van der Waals surface area contributed by atoms with Crippen LogP contribution in [-0.4, -0.2) is 30.1 Å². The zero-order valence-electron chi connectivity index (χ0n) is 21.7. The lowest BCUT2D eigenvalue weighted by Crippen LogP contribution is -2.16. The van der Waals surface area contributed by atoms with Crippen molar-refractivity contribution < 1.29 is 33.0 Å². The van der Waals surface area contributed by atoms with Gasteiger partial charge in [0, 0.05) is 40.8 Å². The average molecular weight is 526 g/mol. The third-order valence-electron chi connectivity index (χ3n) is 4.67. The molecule has 0 spiro atoms. The molecule has 200 valence electrons. The summed E-state index contributed by atoms with van der Waals surface area (Å²) in [7, 11) is 1.27. The second kappa shape index (κ2) is 18.1. The van der Waals surface area contributed by atoms with Gasteiger partial charge in [0.1, 0.15) is 17.1 Å². The molecule has 0 saturated carbocycles. The van der Waals surface area contributed by atoms with E-state index in [1.165, 1.54) is 24.3 Å². The normalized spacial score (nSPS) is 11.0. The molecular formula is C26H36FNO7S. The van der Waals surface area contributed by atoms with Gasteiger partial charge >= 0.3 is 17.8 Å². The topological polar surface area (TPSA) is 123 Å². The van der Waals surface area contributed by atoms with Gasteiger partial charge in [-0.3, -0.25) is 14.9 Å². The van der Waals surface area contributed by atoms with Crippen LogP contribution in [0.1, 0.15) is 85.2 Å². The summed E-state index contributed by atoms with van der Waals surface area (Å²) in [6.07, 6.45) is 4.56. The largest absolute Gasteiger partial charge is 0.507 e. The van der Waals surface area contributed by atoms with Crippen LogP contribution < -0.4 is 10.9 Å². The SMILES string of the molecule is CC.CCC(=O)c1c(O)cc(C(C)CC/C=C/NC(=O)OC)oc1=O.Cc1ccc(CCC(=O)F)s1. The number of Topliss-reactive ketones (excluding diaryl/α,β-unsaturated/α-hetero) is 1. The van der Waals surface area contributed by atoms with Crippen LogP contribution in [0.3, 0.4) is 0 Å². The van der Waals surface area contributed by atoms with E-state index in [0.29, 0.717) is 25.0 Å². The summed E-state index contributed by atoms with van der Waals surface area (Å²) in [5.41, 5.74) is -1.12. The number of carbonyl (C=O) groups is 3. The molecule has 10 heteroatoms. The highest BCUT2D eigenvalue weighted by molar-refractivity contribution is 7.11. The minimum Gasteiger partial charge on any atom is -0.507 e. The fraction of sp³-hybridized carbons (Fsp3) is 0.462. The lowest BCUT2D eigenvalue weighted by Gasteiger charge is -2.10. The number of aryl methyl sites for hydroxylation is 2. The van der Waals surface area contributed by atoms with Gasteiger partial charge in [-0.15, -0.1) is 11.3 Å². The fourth-order valence-corrected chi connectivity index (χ4v) is 3.66. The number of methoxy groups -OCH3 is 1. The second-order valence-electron chi connectivity index (χ2n) is 7.36. The Morgan fingerprint density at radius 2 is 1.94 bits per heavy atom. The third-order valence-corrected chi connectivity index (χ3v) is 5.73. The maximum atomic E-state index is 11.8. The maximum Gasteiger partial charge on any atom is 0.410 e. The Kier molecular flexibility index (Phi) is 16.4. The lowest BCUT2D eigenvalue weighted by atomic mass is 10.0. The van der Waals surface area contributed by atoms with E-state index in [9.17, 15) is 28.7 Å². The number of amides is 1. The van der Waals surface area contributed by atoms with Crippen molar-refractivity contribution in [3.63, 3.8) is 0 Å². The van der Waals surface area contributed by atoms with E-state index in [1.807, 2.05) is 39.8 Å². The first-order valence-electron chi connectivity index (χ1n) is 11.7. The molecular weight excluding hydrogens is 489 g/mol. The van der Waals surface area contributed by atoms with Gasteiger partial charge in [-0.2, -0.15) is 4.39 Å². The standard InChI is InChI=1S/C16H21NO6.C8H9FOS.C2H6/c1-4-11(18)14-12(19)9-13(23-15(14)20)10(2)7-5-6-8-17-16(21)22-3;1-6-2-3-7(11-6)4-5-8(9)10;1-2/h6,8-10,19H,4-5,7H2,1-3H3,(H,17,21);2-3H,4-5H2,1H3;1-2H3/b8-6+;;. The first-order chi connectivity index (χ1) is 17.1. The second-order valence-corrected chi connectivity index (χ2v) is 8.73. The van der Waals surface area contributed by atoms with Crippen molar-refractivity contribution in [1.82, 2.24) is 5.32 Å². The van der Waals surface area contributed by atoms with Crippen LogP contribution in [0.2, 0.25) is 0 Å². The summed E-state index contributed by atoms with van der Waals surface area (Å²) < 4.78 is 21.3. The van der Waals surface area contributed by atoms with Crippen LogP contribution in [0.25, 0.3) is 0 Å². The van der Waals surface area contributed by atoms with Gasteiger partial charge in [0.15, 0.2) is 5.78 Å². The molecule has 0 saturated heterocycles. The summed E-state index contributed by atoms with van der Waals surface area (Å²) in [6.45, 7) is 9.43. The Morgan fingerprint density at radius 3 is 2.44 bits per heavy atom. The summed E-state index contributed by atoms with van der Waals surface area (Å²) in [6, 6.07) is 3.99. The fourth-order valence-electron chi connectivity index (χ4n) is 2.77. The average Bonchev–Trinajstić information content (AvgIpc) is 3.28. The summed E-state index contributed by atoms with van der Waals surface area (Å²) in [5, 5.41) is 12.3. The molecule has 8 nitrogen and oxygen atoms in total. The van der Waals surface area contributed by atoms with E-state index in [2.05, 4.69) is 10.1 Å². The molecule has 0 aromatic carbocycles. The van der Waals surface area contributed by atoms with Crippen LogP contribution in [0.15, 0.2) is 39.7 Å². The number of allylic oxidation sites excluding steroid dienone is 1. The van der Waals surface area contributed by atoms with Crippen molar-refractivity contribution in [2.45, 2.75) is 72.6 Å². The first kappa shape index (κ1) is 32.7. The minimum atomic E-state index is -1.23. The molecule has 2 rings (SSSR count). The van der Waals surface area contributed by atoms with E-state index in [1.54, 1.807) is 24.3 Å². The number of carbonyl (C=O) groups excluding carboxylic acids is 3. The molecule has 0 fully saturated rings. The smallest absolute Gasteiger partial charge is 0.410 e. The van der Waals surface area contributed by atoms with Crippen molar-refractivity contribution in [3.8, 4) is 5.75 Å². The Bertz CT molecular complexity index is 1060. The number of thiophene rings is 1. The highest BCUT2D eigenvalue weighted by Gasteiger charge is 2.19. The molecule has 0 aliphatic rings. The Morgan fingerprint density at radius 1 is 1.28 bits per heavy atom. The molecule has 2 heterocycles. The summed E-state index contributed by atoms with van der Waals surface area (Å²) in [5.74, 6) is -0.623. The van der Waals surface area contributed by atoms with E-state index >= 15 is 0 Å². The van der Waals surface area contributed by atoms with E-state index in [-0.39, 0.29) is 30.1 Å². The number of halogens is 1. The molecule has 0 aliphatic carbocycles. The van der Waals surface area contributed by atoms with Crippen LogP contribution in [0.4, 0.5) is 9.18 Å². The predicted molar refractivity (Wildman–Crippen MR) is 138 cm³/mol. The van der Waals surface area contributed by atoms with Gasteiger partial charge in [-0.25, -0.2) is 9.59 Å². The monoisotopic (exact) mass is 525 g/mol. The molecule has 1 unspecified atom stereocenters. The molecule has 1 amide bonds. The van der Waals surface area contributed by atoms with Crippen molar-refractivity contribution in [1.29, 1.82) is 0 Å². The van der Waals surface area contributed by atoms with Crippen LogP contribution in [-0.2, 0) is 16.0 Å². The highest BCUT2D eigenvalue weighted by atomic mass is 32.1. The minimum absolute atomic E-state index is 0.0138. The molecule has 0 bridgehead atoms. The summed E-state index contributed by atoms with van der Waals surface area (Å²) >= 11 is 1.61. The number of rotatable bonds is 10. The lowest BCUT2D eigenvalue weighted by molar-refractivity contribution is -0.129. The number of aromatic hydroxyl groups is 1. The molecule has 2 aromatic rings. The first-order valence-corrected chi connectivity index (χ1v) is 12.5. The van der Waals surface area contributed by atoms with Crippen molar-refractivity contribution in [2.24, 2.45) is 0 Å². The van der Waals surface area contributed by atoms with E-state index in [4.69, 9.17) is 4.42 Å². The number of ketones is 1. The van der Waals surface area contributed by atoms with Gasteiger partial charge in [0.25, 0.3) is 0 Å². The van der Waals surface area contributed by atoms with Crippen molar-refractivity contribution in [3.05, 3.63) is 62.0 Å². The van der Waals surface area contributed by atoms with E-state index < -0.39 is 23.5 Å². The molecule has 2 aromatic heterocycles. The van der Waals surface area contributed by atoms with E-state index in [0.717, 1.165) is 4.88 Å². The van der Waals surface area contributed by atoms with Crippen LogP contribution in [0.5, 0.6) is 5.75 Å². The van der Waals surface area contributed by atoms with Gasteiger partial charge in [-0.05, 0) is 38.3 Å². The molecule has 2 N–H and O–H groups in total. The third kappa shape index (κ3) is 12.4. The Balaban J connectivity index is 0.000000784. The van der Waals surface area contributed by atoms with Crippen LogP contribution >= 0.6 is 11.3 Å². The molecule has 36 heavy (non-hydrogen) atoms. The zero-order chi connectivity index (χ0) is 27.7. The number of hydrogen-bond donors (Lipinski definition) is 2. The van der Waals surface area contributed by atoms with Crippen molar-refractivity contribution >= 4 is 29.3 Å². The van der Waals surface area contributed by atoms with Gasteiger partial charge in [-0.1, -0.05) is 33.8 Å². The van der Waals surface area contributed by atoms with Gasteiger partial charge < -0.3 is 14.3 Å². The number of nitrogens with one attached hydrogen (secondary N) is 1.